The Bertz CT molecular complexity index is 583. The van der Waals surface area contributed by atoms with E-state index in [1.165, 1.54) is 10.5 Å². The van der Waals surface area contributed by atoms with Crippen molar-refractivity contribution >= 4 is 16.0 Å². The Hall–Kier alpha value is -1.45. The van der Waals surface area contributed by atoms with E-state index in [1.807, 2.05) is 0 Å². The SMILES string of the molecule is CCOC(=O)c1cn[nH]c1S(=O)(=O)N1CCCC1CN. The highest BCUT2D eigenvalue weighted by molar-refractivity contribution is 7.89. The summed E-state index contributed by atoms with van der Waals surface area (Å²) in [4.78, 5) is 11.7. The Morgan fingerprint density at radius 2 is 2.40 bits per heavy atom. The van der Waals surface area contributed by atoms with E-state index in [9.17, 15) is 13.2 Å². The van der Waals surface area contributed by atoms with Crippen molar-refractivity contribution in [1.29, 1.82) is 0 Å². The van der Waals surface area contributed by atoms with Gasteiger partial charge in [0.15, 0.2) is 5.03 Å². The normalized spacial score (nSPS) is 20.2. The van der Waals surface area contributed by atoms with Gasteiger partial charge in [-0.2, -0.15) is 9.40 Å². The van der Waals surface area contributed by atoms with Crippen molar-refractivity contribution in [3.05, 3.63) is 11.8 Å². The summed E-state index contributed by atoms with van der Waals surface area (Å²) >= 11 is 0. The highest BCUT2D eigenvalue weighted by atomic mass is 32.2. The van der Waals surface area contributed by atoms with Crippen molar-refractivity contribution in [2.75, 3.05) is 19.7 Å². The van der Waals surface area contributed by atoms with E-state index >= 15 is 0 Å². The van der Waals surface area contributed by atoms with Gasteiger partial charge in [-0.25, -0.2) is 13.2 Å². The molecule has 1 atom stereocenters. The minimum atomic E-state index is -3.82. The Morgan fingerprint density at radius 3 is 3.05 bits per heavy atom. The van der Waals surface area contributed by atoms with Crippen LogP contribution in [0.4, 0.5) is 0 Å². The van der Waals surface area contributed by atoms with Crippen LogP contribution < -0.4 is 5.73 Å². The molecule has 1 unspecified atom stereocenters. The maximum Gasteiger partial charge on any atom is 0.342 e. The van der Waals surface area contributed by atoms with Gasteiger partial charge in [0.2, 0.25) is 0 Å². The number of ether oxygens (including phenoxy) is 1. The summed E-state index contributed by atoms with van der Waals surface area (Å²) in [7, 11) is -3.82. The maximum atomic E-state index is 12.6. The molecular weight excluding hydrogens is 284 g/mol. The standard InChI is InChI=1S/C11H18N4O4S/c1-2-19-11(16)9-7-13-14-10(9)20(17,18)15-5-3-4-8(15)6-12/h7-8H,2-6,12H2,1H3,(H,13,14). The first-order valence-corrected chi connectivity index (χ1v) is 7.88. The molecule has 8 nitrogen and oxygen atoms in total. The molecule has 0 radical (unpaired) electrons. The highest BCUT2D eigenvalue weighted by Gasteiger charge is 2.38. The van der Waals surface area contributed by atoms with Crippen LogP contribution in [0, 0.1) is 0 Å². The number of nitrogens with one attached hydrogen (secondary N) is 1. The number of hydrogen-bond acceptors (Lipinski definition) is 6. The van der Waals surface area contributed by atoms with Crippen LogP contribution in [0.5, 0.6) is 0 Å². The summed E-state index contributed by atoms with van der Waals surface area (Å²) in [6, 6.07) is -0.238. The third-order valence-corrected chi connectivity index (χ3v) is 5.19. The molecule has 2 heterocycles. The lowest BCUT2D eigenvalue weighted by atomic mass is 10.2. The average molecular weight is 302 g/mol. The van der Waals surface area contributed by atoms with Crippen LogP contribution in [0.3, 0.4) is 0 Å². The molecule has 9 heteroatoms. The van der Waals surface area contributed by atoms with E-state index in [1.54, 1.807) is 6.92 Å². The Labute approximate surface area is 117 Å². The van der Waals surface area contributed by atoms with Gasteiger partial charge in [0.1, 0.15) is 5.56 Å². The molecule has 0 aromatic carbocycles. The summed E-state index contributed by atoms with van der Waals surface area (Å²) in [5.74, 6) is -0.705. The number of hydrogen-bond donors (Lipinski definition) is 2. The fourth-order valence-electron chi connectivity index (χ4n) is 2.30. The molecule has 0 amide bonds. The lowest BCUT2D eigenvalue weighted by Crippen LogP contribution is -2.40. The van der Waals surface area contributed by atoms with Crippen molar-refractivity contribution in [3.8, 4) is 0 Å². The minimum Gasteiger partial charge on any atom is -0.462 e. The van der Waals surface area contributed by atoms with Crippen molar-refractivity contribution < 1.29 is 17.9 Å². The molecule has 3 N–H and O–H groups in total. The zero-order chi connectivity index (χ0) is 14.8. The lowest BCUT2D eigenvalue weighted by Gasteiger charge is -2.22. The fraction of sp³-hybridized carbons (Fsp3) is 0.636. The predicted octanol–water partition coefficient (Wildman–Crippen LogP) is -0.302. The van der Waals surface area contributed by atoms with Gasteiger partial charge < -0.3 is 10.5 Å². The van der Waals surface area contributed by atoms with Crippen molar-refractivity contribution in [2.24, 2.45) is 5.73 Å². The monoisotopic (exact) mass is 302 g/mol. The Kier molecular flexibility index (Phi) is 4.41. The van der Waals surface area contributed by atoms with Gasteiger partial charge in [0.25, 0.3) is 10.0 Å². The van der Waals surface area contributed by atoms with Crippen molar-refractivity contribution in [1.82, 2.24) is 14.5 Å². The number of rotatable bonds is 5. The van der Waals surface area contributed by atoms with Crippen LogP contribution in [0.2, 0.25) is 0 Å². The number of carbonyl (C=O) groups excluding carboxylic acids is 1. The summed E-state index contributed by atoms with van der Waals surface area (Å²) < 4.78 is 31.3. The summed E-state index contributed by atoms with van der Waals surface area (Å²) in [5.41, 5.74) is 5.52. The van der Waals surface area contributed by atoms with E-state index in [-0.39, 0.29) is 29.8 Å². The number of nitrogens with zero attached hydrogens (tertiary/aromatic N) is 2. The maximum absolute atomic E-state index is 12.6. The summed E-state index contributed by atoms with van der Waals surface area (Å²) in [6.07, 6.45) is 2.64. The number of H-pyrrole nitrogens is 1. The van der Waals surface area contributed by atoms with Crippen LogP contribution >= 0.6 is 0 Å². The van der Waals surface area contributed by atoms with E-state index in [0.29, 0.717) is 6.54 Å². The Morgan fingerprint density at radius 1 is 1.65 bits per heavy atom. The number of aromatic nitrogens is 2. The van der Waals surface area contributed by atoms with Crippen molar-refractivity contribution in [2.45, 2.75) is 30.8 Å². The zero-order valence-corrected chi connectivity index (χ0v) is 12.0. The predicted molar refractivity (Wildman–Crippen MR) is 70.5 cm³/mol. The summed E-state index contributed by atoms with van der Waals surface area (Å²) in [6.45, 7) is 2.46. The second-order valence-electron chi connectivity index (χ2n) is 4.48. The van der Waals surface area contributed by atoms with E-state index in [4.69, 9.17) is 10.5 Å². The quantitative estimate of drug-likeness (QED) is 0.721. The number of nitrogens with two attached hydrogens (primary N) is 1. The molecule has 20 heavy (non-hydrogen) atoms. The third-order valence-electron chi connectivity index (χ3n) is 3.26. The molecule has 0 bridgehead atoms. The van der Waals surface area contributed by atoms with E-state index < -0.39 is 16.0 Å². The molecule has 0 saturated carbocycles. The second kappa shape index (κ2) is 5.90. The van der Waals surface area contributed by atoms with Crippen LogP contribution in [-0.4, -0.2) is 54.6 Å². The number of sulfonamides is 1. The first kappa shape index (κ1) is 14.9. The molecule has 112 valence electrons. The van der Waals surface area contributed by atoms with Gasteiger partial charge in [-0.3, -0.25) is 5.10 Å². The molecule has 2 rings (SSSR count). The second-order valence-corrected chi connectivity index (χ2v) is 6.31. The molecule has 0 spiro atoms. The first-order chi connectivity index (χ1) is 9.52. The molecule has 1 fully saturated rings. The molecule has 1 aromatic heterocycles. The first-order valence-electron chi connectivity index (χ1n) is 6.44. The van der Waals surface area contributed by atoms with Gasteiger partial charge in [0.05, 0.1) is 12.8 Å². The lowest BCUT2D eigenvalue weighted by molar-refractivity contribution is 0.0521. The van der Waals surface area contributed by atoms with Crippen LogP contribution in [0.15, 0.2) is 11.2 Å². The van der Waals surface area contributed by atoms with Crippen LogP contribution in [0.1, 0.15) is 30.1 Å². The van der Waals surface area contributed by atoms with Gasteiger partial charge in [-0.05, 0) is 19.8 Å². The van der Waals surface area contributed by atoms with Crippen LogP contribution in [-0.2, 0) is 14.8 Å². The molecule has 1 aromatic rings. The highest BCUT2D eigenvalue weighted by Crippen LogP contribution is 2.26. The van der Waals surface area contributed by atoms with Gasteiger partial charge in [0, 0.05) is 19.1 Å². The molecule has 1 saturated heterocycles. The van der Waals surface area contributed by atoms with E-state index in [0.717, 1.165) is 12.8 Å². The number of carbonyl (C=O) groups is 1. The smallest absolute Gasteiger partial charge is 0.342 e. The number of esters is 1. The van der Waals surface area contributed by atoms with Crippen LogP contribution in [0.25, 0.3) is 0 Å². The Balaban J connectivity index is 2.35. The molecule has 0 aliphatic carbocycles. The van der Waals surface area contributed by atoms with Gasteiger partial charge >= 0.3 is 5.97 Å². The minimum absolute atomic E-state index is 0.0745. The van der Waals surface area contributed by atoms with E-state index in [2.05, 4.69) is 10.2 Å². The zero-order valence-electron chi connectivity index (χ0n) is 11.2. The average Bonchev–Trinajstić information content (AvgIpc) is 3.08. The van der Waals surface area contributed by atoms with Crippen molar-refractivity contribution in [3.63, 3.8) is 0 Å². The molecular formula is C11H18N4O4S. The fourth-order valence-corrected chi connectivity index (χ4v) is 4.07. The third kappa shape index (κ3) is 2.56. The number of aromatic amines is 1. The summed E-state index contributed by atoms with van der Waals surface area (Å²) in [5, 5.41) is 5.81. The van der Waals surface area contributed by atoms with Gasteiger partial charge in [-0.1, -0.05) is 0 Å². The molecule has 1 aliphatic rings. The largest absolute Gasteiger partial charge is 0.462 e. The molecule has 1 aliphatic heterocycles. The van der Waals surface area contributed by atoms with Gasteiger partial charge in [-0.15, -0.1) is 0 Å². The topological polar surface area (TPSA) is 118 Å².